The lowest BCUT2D eigenvalue weighted by atomic mass is 9.67. The van der Waals surface area contributed by atoms with Crippen molar-refractivity contribution >= 4 is 5.78 Å². The molecule has 1 saturated carbocycles. The summed E-state index contributed by atoms with van der Waals surface area (Å²) in [7, 11) is 0. The molecule has 14 heavy (non-hydrogen) atoms. The molecule has 3 heteroatoms. The van der Waals surface area contributed by atoms with Crippen LogP contribution in [-0.2, 0) is 0 Å². The van der Waals surface area contributed by atoms with Crippen LogP contribution >= 0.6 is 0 Å². The molecule has 76 valence electrons. The number of carbonyl (C=O) groups excluding carboxylic acids is 1. The maximum atomic E-state index is 11.7. The fraction of sp³-hybridized carbons (Fsp3) is 0.636. The molecular formula is C11H15NO2. The number of aromatic nitrogens is 1. The molecule has 0 atom stereocenters. The summed E-state index contributed by atoms with van der Waals surface area (Å²) in [5.74, 6) is 0.677. The maximum Gasteiger partial charge on any atom is 0.191 e. The van der Waals surface area contributed by atoms with E-state index >= 15 is 0 Å². The van der Waals surface area contributed by atoms with Gasteiger partial charge in [0.15, 0.2) is 11.7 Å². The third-order valence-electron chi connectivity index (χ3n) is 3.05. The van der Waals surface area contributed by atoms with Gasteiger partial charge in [0.2, 0.25) is 0 Å². The number of aryl methyl sites for hydroxylation is 1. The lowest BCUT2D eigenvalue weighted by Crippen LogP contribution is -2.28. The van der Waals surface area contributed by atoms with E-state index in [1.165, 1.54) is 12.7 Å². The Morgan fingerprint density at radius 3 is 2.79 bits per heavy atom. The van der Waals surface area contributed by atoms with Crippen LogP contribution in [0, 0.1) is 12.3 Å². The van der Waals surface area contributed by atoms with Crippen molar-refractivity contribution in [2.45, 2.75) is 39.5 Å². The first-order valence-electron chi connectivity index (χ1n) is 5.04. The Hall–Kier alpha value is -1.12. The number of hydrogen-bond acceptors (Lipinski definition) is 3. The van der Waals surface area contributed by atoms with E-state index in [-0.39, 0.29) is 11.2 Å². The highest BCUT2D eigenvalue weighted by molar-refractivity contribution is 5.94. The highest BCUT2D eigenvalue weighted by Gasteiger charge is 2.34. The first-order valence-corrected chi connectivity index (χ1v) is 5.04. The first-order chi connectivity index (χ1) is 6.59. The quantitative estimate of drug-likeness (QED) is 0.693. The van der Waals surface area contributed by atoms with Crippen LogP contribution in [0.25, 0.3) is 0 Å². The van der Waals surface area contributed by atoms with Gasteiger partial charge in [-0.2, -0.15) is 0 Å². The molecule has 0 aromatic carbocycles. The average Bonchev–Trinajstić information content (AvgIpc) is 2.49. The van der Waals surface area contributed by atoms with Crippen LogP contribution in [0.1, 0.15) is 49.0 Å². The summed E-state index contributed by atoms with van der Waals surface area (Å²) in [6.45, 7) is 3.92. The molecule has 0 bridgehead atoms. The van der Waals surface area contributed by atoms with Gasteiger partial charge >= 0.3 is 0 Å². The Kier molecular flexibility index (Phi) is 2.17. The van der Waals surface area contributed by atoms with Crippen LogP contribution in [-0.4, -0.2) is 10.8 Å². The second kappa shape index (κ2) is 3.23. The van der Waals surface area contributed by atoms with E-state index in [4.69, 9.17) is 4.42 Å². The molecule has 1 aliphatic rings. The van der Waals surface area contributed by atoms with Crippen molar-refractivity contribution in [3.8, 4) is 0 Å². The predicted molar refractivity (Wildman–Crippen MR) is 52.1 cm³/mol. The summed E-state index contributed by atoms with van der Waals surface area (Å²) in [6, 6.07) is 0. The van der Waals surface area contributed by atoms with Crippen LogP contribution < -0.4 is 0 Å². The van der Waals surface area contributed by atoms with Crippen molar-refractivity contribution in [3.05, 3.63) is 17.8 Å². The molecule has 0 unspecified atom stereocenters. The van der Waals surface area contributed by atoms with Gasteiger partial charge in [0, 0.05) is 13.3 Å². The molecule has 1 aromatic heterocycles. The molecule has 0 spiro atoms. The average molecular weight is 193 g/mol. The summed E-state index contributed by atoms with van der Waals surface area (Å²) in [6.07, 6.45) is 5.64. The van der Waals surface area contributed by atoms with Gasteiger partial charge in [0.25, 0.3) is 0 Å². The molecule has 0 amide bonds. The van der Waals surface area contributed by atoms with Crippen molar-refractivity contribution in [1.82, 2.24) is 4.98 Å². The zero-order valence-electron chi connectivity index (χ0n) is 8.67. The van der Waals surface area contributed by atoms with E-state index in [2.05, 4.69) is 11.9 Å². The van der Waals surface area contributed by atoms with Crippen molar-refractivity contribution in [2.24, 2.45) is 5.41 Å². The summed E-state index contributed by atoms with van der Waals surface area (Å²) >= 11 is 0. The summed E-state index contributed by atoms with van der Waals surface area (Å²) < 4.78 is 5.02. The first kappa shape index (κ1) is 9.44. The zero-order valence-corrected chi connectivity index (χ0v) is 8.67. The molecule has 1 fully saturated rings. The number of rotatable bonds is 3. The van der Waals surface area contributed by atoms with E-state index < -0.39 is 0 Å². The number of oxazole rings is 1. The Balaban J connectivity index is 2.02. The van der Waals surface area contributed by atoms with E-state index in [0.29, 0.717) is 18.0 Å². The van der Waals surface area contributed by atoms with Crippen LogP contribution in [0.4, 0.5) is 0 Å². The van der Waals surface area contributed by atoms with Crippen molar-refractivity contribution in [3.63, 3.8) is 0 Å². The lowest BCUT2D eigenvalue weighted by Gasteiger charge is -2.37. The lowest BCUT2D eigenvalue weighted by molar-refractivity contribution is 0.0811. The highest BCUT2D eigenvalue weighted by atomic mass is 16.3. The second-order valence-corrected chi connectivity index (χ2v) is 4.52. The molecule has 1 aromatic rings. The summed E-state index contributed by atoms with van der Waals surface area (Å²) in [4.78, 5) is 15.8. The van der Waals surface area contributed by atoms with E-state index in [1.54, 1.807) is 6.92 Å². The minimum absolute atomic E-state index is 0.115. The number of nitrogens with zero attached hydrogens (tertiary/aromatic N) is 1. The second-order valence-electron chi connectivity index (χ2n) is 4.52. The van der Waals surface area contributed by atoms with Gasteiger partial charge in [-0.05, 0) is 18.3 Å². The highest BCUT2D eigenvalue weighted by Crippen LogP contribution is 2.43. The Morgan fingerprint density at radius 1 is 1.64 bits per heavy atom. The third-order valence-corrected chi connectivity index (χ3v) is 3.05. The predicted octanol–water partition coefficient (Wildman–Crippen LogP) is 2.75. The third kappa shape index (κ3) is 1.72. The Morgan fingerprint density at radius 2 is 2.36 bits per heavy atom. The van der Waals surface area contributed by atoms with Gasteiger partial charge in [-0.25, -0.2) is 4.98 Å². The van der Waals surface area contributed by atoms with Gasteiger partial charge in [0.1, 0.15) is 12.0 Å². The minimum atomic E-state index is 0.115. The monoisotopic (exact) mass is 193 g/mol. The minimum Gasteiger partial charge on any atom is -0.449 e. The van der Waals surface area contributed by atoms with Crippen LogP contribution in [0.3, 0.4) is 0 Å². The van der Waals surface area contributed by atoms with Gasteiger partial charge in [-0.15, -0.1) is 0 Å². The van der Waals surface area contributed by atoms with Gasteiger partial charge in [0.05, 0.1) is 0 Å². The summed E-state index contributed by atoms with van der Waals surface area (Å²) in [5, 5.41) is 0. The topological polar surface area (TPSA) is 43.1 Å². The van der Waals surface area contributed by atoms with Crippen LogP contribution in [0.5, 0.6) is 0 Å². The van der Waals surface area contributed by atoms with E-state index in [9.17, 15) is 4.79 Å². The van der Waals surface area contributed by atoms with Gasteiger partial charge in [-0.1, -0.05) is 13.3 Å². The standard InChI is InChI=1S/C11H15NO2/c1-8-12-9(7-14-8)10(13)6-11(2)4-3-5-11/h7H,3-6H2,1-2H3. The SMILES string of the molecule is Cc1nc(C(=O)CC2(C)CCC2)co1. The Bertz CT molecular complexity index is 350. The molecule has 2 rings (SSSR count). The molecule has 0 N–H and O–H groups in total. The molecule has 0 saturated heterocycles. The van der Waals surface area contributed by atoms with Crippen molar-refractivity contribution in [1.29, 1.82) is 0 Å². The van der Waals surface area contributed by atoms with Crippen LogP contribution in [0.15, 0.2) is 10.7 Å². The molecule has 3 nitrogen and oxygen atoms in total. The zero-order chi connectivity index (χ0) is 10.2. The number of hydrogen-bond donors (Lipinski definition) is 0. The van der Waals surface area contributed by atoms with Crippen LogP contribution in [0.2, 0.25) is 0 Å². The fourth-order valence-corrected chi connectivity index (χ4v) is 1.93. The largest absolute Gasteiger partial charge is 0.449 e. The molecular weight excluding hydrogens is 178 g/mol. The van der Waals surface area contributed by atoms with E-state index in [0.717, 1.165) is 12.8 Å². The maximum absolute atomic E-state index is 11.7. The number of ketones is 1. The smallest absolute Gasteiger partial charge is 0.191 e. The summed E-state index contributed by atoms with van der Waals surface area (Å²) in [5.41, 5.74) is 0.708. The molecule has 0 aliphatic heterocycles. The fourth-order valence-electron chi connectivity index (χ4n) is 1.93. The molecule has 1 heterocycles. The molecule has 0 radical (unpaired) electrons. The van der Waals surface area contributed by atoms with Crippen molar-refractivity contribution < 1.29 is 9.21 Å². The normalized spacial score (nSPS) is 19.0. The van der Waals surface area contributed by atoms with Crippen molar-refractivity contribution in [2.75, 3.05) is 0 Å². The number of carbonyl (C=O) groups is 1. The molecule has 1 aliphatic carbocycles. The van der Waals surface area contributed by atoms with E-state index in [1.807, 2.05) is 0 Å². The Labute approximate surface area is 83.5 Å². The van der Waals surface area contributed by atoms with Gasteiger partial charge < -0.3 is 4.42 Å². The van der Waals surface area contributed by atoms with Gasteiger partial charge in [-0.3, -0.25) is 4.79 Å². The number of Topliss-reactive ketones (excluding diaryl/α,β-unsaturated/α-hetero) is 1.